The molecule has 0 amide bonds. The zero-order valence-corrected chi connectivity index (χ0v) is 11.5. The van der Waals surface area contributed by atoms with Crippen molar-refractivity contribution in [2.75, 3.05) is 0 Å². The predicted molar refractivity (Wildman–Crippen MR) is 71.6 cm³/mol. The van der Waals surface area contributed by atoms with Crippen LogP contribution in [-0.4, -0.2) is 5.97 Å². The lowest BCUT2D eigenvalue weighted by atomic mass is 9.83. The Morgan fingerprint density at radius 3 is 2.61 bits per heavy atom. The molecule has 1 heterocycles. The van der Waals surface area contributed by atoms with Crippen LogP contribution >= 0.6 is 23.2 Å². The van der Waals surface area contributed by atoms with E-state index in [1.807, 2.05) is 6.07 Å². The highest BCUT2D eigenvalue weighted by molar-refractivity contribution is 6.37. The van der Waals surface area contributed by atoms with Crippen LogP contribution in [0, 0.1) is 0 Å². The summed E-state index contributed by atoms with van der Waals surface area (Å²) in [6.45, 7) is 0. The van der Waals surface area contributed by atoms with Gasteiger partial charge in [0.1, 0.15) is 0 Å². The molecule has 1 saturated carbocycles. The van der Waals surface area contributed by atoms with Gasteiger partial charge in [-0.25, -0.2) is 0 Å². The van der Waals surface area contributed by atoms with Gasteiger partial charge >= 0.3 is 5.97 Å². The van der Waals surface area contributed by atoms with Crippen LogP contribution in [0.15, 0.2) is 6.07 Å². The molecule has 1 aromatic carbocycles. The second kappa shape index (κ2) is 4.75. The molecule has 1 aromatic rings. The summed E-state index contributed by atoms with van der Waals surface area (Å²) in [5.74, 6) is 0.693. The lowest BCUT2D eigenvalue weighted by Gasteiger charge is -2.24. The zero-order valence-electron chi connectivity index (χ0n) is 9.97. The lowest BCUT2D eigenvalue weighted by molar-refractivity contribution is -0.131. The molecule has 0 radical (unpaired) electrons. The summed E-state index contributed by atoms with van der Waals surface area (Å²) in [7, 11) is 0. The van der Waals surface area contributed by atoms with Gasteiger partial charge in [-0.1, -0.05) is 42.5 Å². The van der Waals surface area contributed by atoms with Crippen molar-refractivity contribution in [3.05, 3.63) is 27.2 Å². The van der Waals surface area contributed by atoms with Crippen LogP contribution in [0.4, 0.5) is 0 Å². The normalized spacial score (nSPS) is 19.8. The Hall–Kier alpha value is -0.730. The van der Waals surface area contributed by atoms with Gasteiger partial charge in [0.15, 0.2) is 5.75 Å². The molecule has 3 rings (SSSR count). The number of benzene rings is 1. The summed E-state index contributed by atoms with van der Waals surface area (Å²) >= 11 is 12.7. The topological polar surface area (TPSA) is 26.3 Å². The average molecular weight is 285 g/mol. The molecule has 0 spiro atoms. The van der Waals surface area contributed by atoms with E-state index < -0.39 is 0 Å². The molecule has 0 atom stereocenters. The van der Waals surface area contributed by atoms with E-state index >= 15 is 0 Å². The molecule has 1 fully saturated rings. The maximum Gasteiger partial charge on any atom is 0.315 e. The van der Waals surface area contributed by atoms with Crippen molar-refractivity contribution in [2.24, 2.45) is 0 Å². The van der Waals surface area contributed by atoms with E-state index in [9.17, 15) is 4.79 Å². The largest absolute Gasteiger partial charge is 0.424 e. The molecule has 0 saturated heterocycles. The van der Waals surface area contributed by atoms with Gasteiger partial charge in [-0.05, 0) is 30.4 Å². The van der Waals surface area contributed by atoms with E-state index in [4.69, 9.17) is 27.9 Å². The summed E-state index contributed by atoms with van der Waals surface area (Å²) in [6.07, 6.45) is 6.23. The van der Waals surface area contributed by atoms with Crippen molar-refractivity contribution < 1.29 is 9.53 Å². The van der Waals surface area contributed by atoms with E-state index in [-0.39, 0.29) is 12.4 Å². The monoisotopic (exact) mass is 284 g/mol. The van der Waals surface area contributed by atoms with Crippen molar-refractivity contribution >= 4 is 29.2 Å². The van der Waals surface area contributed by atoms with Crippen LogP contribution in [0.25, 0.3) is 0 Å². The first kappa shape index (κ1) is 12.3. The molecular weight excluding hydrogens is 271 g/mol. The highest BCUT2D eigenvalue weighted by Crippen LogP contribution is 2.46. The van der Waals surface area contributed by atoms with Crippen LogP contribution in [0.5, 0.6) is 5.75 Å². The Morgan fingerprint density at radius 2 is 1.89 bits per heavy atom. The van der Waals surface area contributed by atoms with Gasteiger partial charge in [0.25, 0.3) is 0 Å². The van der Waals surface area contributed by atoms with Crippen LogP contribution in [0.3, 0.4) is 0 Å². The van der Waals surface area contributed by atoms with Gasteiger partial charge in [-0.2, -0.15) is 0 Å². The van der Waals surface area contributed by atoms with E-state index in [0.29, 0.717) is 21.7 Å². The maximum absolute atomic E-state index is 11.3. The number of carbonyl (C=O) groups excluding carboxylic acids is 1. The maximum atomic E-state index is 11.3. The van der Waals surface area contributed by atoms with Crippen LogP contribution < -0.4 is 4.74 Å². The number of esters is 1. The number of hydrogen-bond acceptors (Lipinski definition) is 2. The van der Waals surface area contributed by atoms with Crippen LogP contribution in [0.1, 0.15) is 49.1 Å². The lowest BCUT2D eigenvalue weighted by Crippen LogP contribution is -2.06. The van der Waals surface area contributed by atoms with Crippen LogP contribution in [0.2, 0.25) is 10.0 Å². The third-order valence-electron chi connectivity index (χ3n) is 3.85. The number of rotatable bonds is 1. The highest BCUT2D eigenvalue weighted by Gasteiger charge is 2.30. The molecule has 1 aliphatic carbocycles. The molecule has 2 nitrogen and oxygen atoms in total. The van der Waals surface area contributed by atoms with Gasteiger partial charge < -0.3 is 4.74 Å². The zero-order chi connectivity index (χ0) is 12.7. The molecule has 4 heteroatoms. The molecule has 96 valence electrons. The minimum Gasteiger partial charge on any atom is -0.424 e. The first-order chi connectivity index (χ1) is 8.66. The van der Waals surface area contributed by atoms with Gasteiger partial charge in [0, 0.05) is 10.6 Å². The second-order valence-electron chi connectivity index (χ2n) is 5.06. The summed E-state index contributed by atoms with van der Waals surface area (Å²) in [5.41, 5.74) is 1.79. The van der Waals surface area contributed by atoms with Crippen molar-refractivity contribution in [3.63, 3.8) is 0 Å². The SMILES string of the molecule is O=C1Cc2cc(Cl)c(C3CCCCC3)c(Cl)c2O1. The minimum absolute atomic E-state index is 0.247. The fourth-order valence-corrected chi connectivity index (χ4v) is 3.82. The predicted octanol–water partition coefficient (Wildman–Crippen LogP) is 4.50. The smallest absolute Gasteiger partial charge is 0.315 e. The first-order valence-corrected chi connectivity index (χ1v) is 7.14. The molecule has 2 aliphatic rings. The molecule has 0 N–H and O–H groups in total. The van der Waals surface area contributed by atoms with Crippen molar-refractivity contribution in [2.45, 2.75) is 44.4 Å². The summed E-state index contributed by atoms with van der Waals surface area (Å²) < 4.78 is 5.19. The number of carbonyl (C=O) groups is 1. The standard InChI is InChI=1S/C14H14Cl2O2/c15-10-6-9-7-11(17)18-14(9)13(16)12(10)8-4-2-1-3-5-8/h6,8H,1-5,7H2. The Kier molecular flexibility index (Phi) is 3.25. The third-order valence-corrected chi connectivity index (χ3v) is 4.54. The molecule has 0 bridgehead atoms. The number of ether oxygens (including phenoxy) is 1. The fourth-order valence-electron chi connectivity index (χ4n) is 2.98. The van der Waals surface area contributed by atoms with E-state index in [2.05, 4.69) is 0 Å². The molecule has 0 unspecified atom stereocenters. The van der Waals surface area contributed by atoms with Gasteiger partial charge in [0.05, 0.1) is 11.4 Å². The number of halogens is 2. The van der Waals surface area contributed by atoms with E-state index in [1.54, 1.807) is 0 Å². The molecule has 1 aliphatic heterocycles. The Morgan fingerprint density at radius 1 is 1.17 bits per heavy atom. The van der Waals surface area contributed by atoms with Gasteiger partial charge in [-0.3, -0.25) is 4.79 Å². The van der Waals surface area contributed by atoms with Crippen molar-refractivity contribution in [1.29, 1.82) is 0 Å². The fraction of sp³-hybridized carbons (Fsp3) is 0.500. The Bertz CT molecular complexity index is 505. The van der Waals surface area contributed by atoms with Gasteiger partial charge in [0.2, 0.25) is 0 Å². The van der Waals surface area contributed by atoms with Crippen LogP contribution in [-0.2, 0) is 11.2 Å². The van der Waals surface area contributed by atoms with E-state index in [0.717, 1.165) is 24.0 Å². The number of fused-ring (bicyclic) bond motifs is 1. The third kappa shape index (κ3) is 2.02. The Balaban J connectivity index is 2.04. The minimum atomic E-state index is -0.247. The Labute approximate surface area is 116 Å². The molecular formula is C14H14Cl2O2. The quantitative estimate of drug-likeness (QED) is 0.561. The van der Waals surface area contributed by atoms with E-state index in [1.165, 1.54) is 19.3 Å². The first-order valence-electron chi connectivity index (χ1n) is 6.38. The van der Waals surface area contributed by atoms with Crippen molar-refractivity contribution in [1.82, 2.24) is 0 Å². The summed E-state index contributed by atoms with van der Waals surface area (Å²) in [4.78, 5) is 11.3. The molecule has 0 aromatic heterocycles. The average Bonchev–Trinajstić information content (AvgIpc) is 2.71. The highest BCUT2D eigenvalue weighted by atomic mass is 35.5. The second-order valence-corrected chi connectivity index (χ2v) is 5.85. The van der Waals surface area contributed by atoms with Gasteiger partial charge in [-0.15, -0.1) is 0 Å². The summed E-state index contributed by atoms with van der Waals surface area (Å²) in [5, 5.41) is 1.24. The summed E-state index contributed by atoms with van der Waals surface area (Å²) in [6, 6.07) is 1.84. The molecule has 18 heavy (non-hydrogen) atoms. The van der Waals surface area contributed by atoms with Crippen molar-refractivity contribution in [3.8, 4) is 5.75 Å². The number of hydrogen-bond donors (Lipinski definition) is 0.